The first-order valence-corrected chi connectivity index (χ1v) is 20.4. The van der Waals surface area contributed by atoms with Gasteiger partial charge in [0.2, 0.25) is 0 Å². The van der Waals surface area contributed by atoms with E-state index >= 15 is 35.1 Å². The lowest BCUT2D eigenvalue weighted by atomic mass is 9.12. The molecule has 0 aliphatic heterocycles. The molecule has 0 aliphatic carbocycles. The van der Waals surface area contributed by atoms with Crippen molar-refractivity contribution in [1.82, 2.24) is 0 Å². The van der Waals surface area contributed by atoms with Crippen molar-refractivity contribution in [3.8, 4) is 5.75 Å². The van der Waals surface area contributed by atoms with E-state index in [-0.39, 0.29) is 5.97 Å². The molecule has 1 heterocycles. The van der Waals surface area contributed by atoms with Crippen LogP contribution in [0, 0.1) is 116 Å². The maximum absolute atomic E-state index is 15.4. The average Bonchev–Trinajstić information content (AvgIpc) is 3.37. The molecule has 25 heteroatoms. The predicted octanol–water partition coefficient (Wildman–Crippen LogP) is 11.0. The summed E-state index contributed by atoms with van der Waals surface area (Å²) in [5.41, 5.74) is -12.7. The molecular formula is C47H17BBrF20NO2. The van der Waals surface area contributed by atoms with Gasteiger partial charge in [-0.2, -0.15) is 4.57 Å². The number of hydrogen-bond acceptors (Lipinski definition) is 2. The van der Waals surface area contributed by atoms with Crippen LogP contribution in [0.2, 0.25) is 0 Å². The average molecular weight is 1100 g/mol. The van der Waals surface area contributed by atoms with E-state index < -0.39 is 144 Å². The van der Waals surface area contributed by atoms with Crippen molar-refractivity contribution in [3.05, 3.63) is 223 Å². The van der Waals surface area contributed by atoms with E-state index in [1.54, 1.807) is 12.1 Å². The zero-order valence-corrected chi connectivity index (χ0v) is 36.2. The Morgan fingerprint density at radius 1 is 0.403 bits per heavy atom. The highest BCUT2D eigenvalue weighted by Crippen LogP contribution is 2.31. The third-order valence-corrected chi connectivity index (χ3v) is 11.6. The van der Waals surface area contributed by atoms with Gasteiger partial charge in [0.25, 0.3) is 5.69 Å². The van der Waals surface area contributed by atoms with Crippen LogP contribution in [0.1, 0.15) is 16.1 Å². The fourth-order valence-electron chi connectivity index (χ4n) is 7.93. The van der Waals surface area contributed by atoms with Gasteiger partial charge in [-0.25, -0.2) is 92.6 Å². The van der Waals surface area contributed by atoms with Gasteiger partial charge in [0.15, 0.2) is 82.5 Å². The second-order valence-corrected chi connectivity index (χ2v) is 15.9. The normalized spacial score (nSPS) is 11.5. The lowest BCUT2D eigenvalue weighted by Gasteiger charge is -2.44. The second kappa shape index (κ2) is 20.0. The number of hydrogen-bond donors (Lipinski definition) is 0. The third-order valence-electron chi connectivity index (χ3n) is 11.1. The largest absolute Gasteiger partial charge is 0.419 e. The molecule has 8 aromatic rings. The van der Waals surface area contributed by atoms with Crippen molar-refractivity contribution in [2.75, 3.05) is 0 Å². The first-order valence-electron chi connectivity index (χ1n) is 19.6. The van der Waals surface area contributed by atoms with Crippen molar-refractivity contribution in [3.63, 3.8) is 0 Å². The van der Waals surface area contributed by atoms with Crippen LogP contribution in [0.4, 0.5) is 87.8 Å². The third kappa shape index (κ3) is 8.55. The number of nitrogens with zero attached hydrogens (tertiary/aromatic N) is 1. The molecule has 0 atom stereocenters. The first-order chi connectivity index (χ1) is 33.9. The van der Waals surface area contributed by atoms with Gasteiger partial charge in [-0.05, 0) is 35.7 Å². The summed E-state index contributed by atoms with van der Waals surface area (Å²) < 4.78 is 302. The summed E-state index contributed by atoms with van der Waals surface area (Å²) in [5.74, 6) is -71.3. The number of carbonyl (C=O) groups excluding carboxylic acids is 1. The first kappa shape index (κ1) is 52.4. The minimum Gasteiger partial charge on any atom is -0.419 e. The molecule has 3 nitrogen and oxygen atoms in total. The Balaban J connectivity index is 0.000000238. The highest BCUT2D eigenvalue weighted by molar-refractivity contribution is 9.10. The van der Waals surface area contributed by atoms with E-state index in [4.69, 9.17) is 4.74 Å². The zero-order chi connectivity index (χ0) is 53.0. The molecule has 0 N–H and O–H groups in total. The van der Waals surface area contributed by atoms with Crippen LogP contribution in [-0.4, -0.2) is 12.1 Å². The van der Waals surface area contributed by atoms with Gasteiger partial charge >= 0.3 is 5.97 Å². The van der Waals surface area contributed by atoms with E-state index in [1.165, 1.54) is 0 Å². The molecule has 0 spiro atoms. The van der Waals surface area contributed by atoms with E-state index in [0.29, 0.717) is 18.0 Å². The number of fused-ring (bicyclic) bond motifs is 1. The molecule has 0 amide bonds. The number of aromatic nitrogens is 1. The molecule has 0 fully saturated rings. The number of carbonyl (C=O) groups is 1. The number of halogens is 21. The summed E-state index contributed by atoms with van der Waals surface area (Å²) in [5, 5.41) is 1.88. The number of benzene rings is 7. The van der Waals surface area contributed by atoms with Gasteiger partial charge in [-0.3, -0.25) is 0 Å². The van der Waals surface area contributed by atoms with Gasteiger partial charge < -0.3 is 4.74 Å². The van der Waals surface area contributed by atoms with Crippen molar-refractivity contribution in [1.29, 1.82) is 0 Å². The smallest absolute Gasteiger partial charge is 0.409 e. The molecule has 0 bridgehead atoms. The summed E-state index contributed by atoms with van der Waals surface area (Å²) in [6, 6.07) is 27.2. The topological polar surface area (TPSA) is 30.2 Å². The summed E-state index contributed by atoms with van der Waals surface area (Å²) >= 11 is 3.39. The zero-order valence-electron chi connectivity index (χ0n) is 34.6. The Bertz CT molecular complexity index is 3130. The highest BCUT2D eigenvalue weighted by Gasteiger charge is 2.52. The molecule has 1 aromatic heterocycles. The monoisotopic (exact) mass is 1100 g/mol. The Morgan fingerprint density at radius 2 is 0.722 bits per heavy atom. The quantitative estimate of drug-likeness (QED) is 0.0289. The highest BCUT2D eigenvalue weighted by atomic mass is 79.9. The molecule has 0 saturated heterocycles. The lowest BCUT2D eigenvalue weighted by molar-refractivity contribution is -0.689. The van der Waals surface area contributed by atoms with E-state index in [2.05, 4.69) is 15.9 Å². The molecule has 72 heavy (non-hydrogen) atoms. The molecular weight excluding hydrogens is 1080 g/mol. The summed E-state index contributed by atoms with van der Waals surface area (Å²) in [7, 11) is 0. The summed E-state index contributed by atoms with van der Waals surface area (Å²) in [4.78, 5) is 13.1. The molecule has 372 valence electrons. The second-order valence-electron chi connectivity index (χ2n) is 15.0. The Kier molecular flexibility index (Phi) is 14.5. The van der Waals surface area contributed by atoms with Gasteiger partial charge in [0.1, 0.15) is 58.4 Å². The van der Waals surface area contributed by atoms with Crippen LogP contribution in [0.15, 0.2) is 95.6 Å². The van der Waals surface area contributed by atoms with Gasteiger partial charge in [-0.15, -0.1) is 21.9 Å². The Morgan fingerprint density at radius 3 is 1.08 bits per heavy atom. The fraction of sp³-hybridized carbons (Fsp3) is 0.0213. The van der Waals surface area contributed by atoms with Crippen LogP contribution < -0.4 is 31.2 Å². The van der Waals surface area contributed by atoms with E-state index in [1.807, 2.05) is 83.6 Å². The van der Waals surface area contributed by atoms with Crippen LogP contribution in [-0.2, 0) is 6.54 Å². The minimum atomic E-state index is -7.22. The number of pyridine rings is 1. The van der Waals surface area contributed by atoms with Gasteiger partial charge in [-0.1, -0.05) is 64.5 Å². The van der Waals surface area contributed by atoms with Crippen molar-refractivity contribution in [2.45, 2.75) is 6.54 Å². The number of ether oxygens (including phenoxy) is 1. The number of rotatable bonds is 8. The van der Waals surface area contributed by atoms with Gasteiger partial charge in [0, 0.05) is 16.1 Å². The van der Waals surface area contributed by atoms with Crippen LogP contribution >= 0.6 is 15.9 Å². The molecule has 7 aromatic carbocycles. The van der Waals surface area contributed by atoms with Crippen molar-refractivity contribution < 1.29 is 102 Å². The van der Waals surface area contributed by atoms with Crippen LogP contribution in [0.5, 0.6) is 5.75 Å². The van der Waals surface area contributed by atoms with Crippen molar-refractivity contribution in [2.24, 2.45) is 0 Å². The molecule has 0 saturated carbocycles. The van der Waals surface area contributed by atoms with Gasteiger partial charge in [0.05, 0.1) is 5.39 Å². The SMILES string of the molecule is Fc1c(F)c(F)c([B-](c2c(F)c(F)c(F)c(F)c2F)(c2c(F)c(F)c(F)c(F)c2F)c2c(F)c(F)c(F)c(F)c2F)c(F)c1F.O=C(Oc1ccc(Br)cc1)c1c2ccccc2cc[n+]1Cc1ccccc1. The molecule has 0 unspecified atom stereocenters. The fourth-order valence-corrected chi connectivity index (χ4v) is 8.19. The lowest BCUT2D eigenvalue weighted by Crippen LogP contribution is -2.81. The Labute approximate surface area is 397 Å². The maximum Gasteiger partial charge on any atom is 0.409 e. The summed E-state index contributed by atoms with van der Waals surface area (Å²) in [6.07, 6.45) is -5.28. The Hall–Kier alpha value is -7.44. The number of esters is 1. The van der Waals surface area contributed by atoms with Crippen molar-refractivity contribution >= 4 is 60.7 Å². The minimum absolute atomic E-state index is 0.370. The van der Waals surface area contributed by atoms with E-state index in [0.717, 1.165) is 20.8 Å². The van der Waals surface area contributed by atoms with Crippen LogP contribution in [0.25, 0.3) is 10.8 Å². The predicted molar refractivity (Wildman–Crippen MR) is 218 cm³/mol. The molecule has 0 radical (unpaired) electrons. The molecule has 8 rings (SSSR count). The standard InChI is InChI=1S/C24BF20.C23H17BrNO2/c26-5-1(6(27)14(35)21(42)13(5)34)25(2-7(28)15(36)22(43)16(37)8(2)29,3-9(30)17(38)23(44)18(39)10(3)31)4-11(32)19(40)24(45)20(41)12(4)33;24-19-10-12-20(13-11-19)27-23(26)22-21-9-5-4-8-18(21)14-15-25(22)16-17-6-2-1-3-7-17/h;1-15H,16H2/q-1;+1. The van der Waals surface area contributed by atoms with Crippen LogP contribution in [0.3, 0.4) is 0 Å². The van der Waals surface area contributed by atoms with E-state index in [9.17, 15) is 57.5 Å². The summed E-state index contributed by atoms with van der Waals surface area (Å²) in [6.45, 7) is 0.594. The maximum atomic E-state index is 15.4. The molecule has 0 aliphatic rings.